The summed E-state index contributed by atoms with van der Waals surface area (Å²) in [4.78, 5) is 0. The van der Waals surface area contributed by atoms with Crippen LogP contribution in [0.1, 0.15) is 20.3 Å². The summed E-state index contributed by atoms with van der Waals surface area (Å²) in [6.07, 6.45) is 0.784. The summed E-state index contributed by atoms with van der Waals surface area (Å²) in [7, 11) is 0. The molecule has 1 unspecified atom stereocenters. The van der Waals surface area contributed by atoms with Gasteiger partial charge in [-0.1, -0.05) is 25.1 Å². The molecule has 90 valence electrons. The van der Waals surface area contributed by atoms with Crippen LogP contribution in [-0.2, 0) is 0 Å². The van der Waals surface area contributed by atoms with Crippen LogP contribution in [0.3, 0.4) is 0 Å². The Kier molecular flexibility index (Phi) is 5.29. The predicted octanol–water partition coefficient (Wildman–Crippen LogP) is 1.82. The van der Waals surface area contributed by atoms with E-state index in [1.165, 1.54) is 0 Å². The summed E-state index contributed by atoms with van der Waals surface area (Å²) in [6, 6.07) is 9.73. The lowest BCUT2D eigenvalue weighted by atomic mass is 10.00. The molecule has 1 aromatic rings. The summed E-state index contributed by atoms with van der Waals surface area (Å²) in [5, 5.41) is 12.6. The Hall–Kier alpha value is -1.06. The number of aliphatic hydroxyl groups excluding tert-OH is 1. The molecule has 1 rings (SSSR count). The first-order valence-electron chi connectivity index (χ1n) is 5.74. The molecule has 0 aliphatic heterocycles. The molecule has 0 bridgehead atoms. The molecule has 1 aromatic carbocycles. The SMILES string of the molecule is CCNC(C)(CO)CCOc1ccccc1. The largest absolute Gasteiger partial charge is 0.494 e. The van der Waals surface area contributed by atoms with Gasteiger partial charge in [0.05, 0.1) is 13.2 Å². The Labute approximate surface area is 97.4 Å². The number of likely N-dealkylation sites (N-methyl/N-ethyl adjacent to an activating group) is 1. The molecule has 0 saturated heterocycles. The highest BCUT2D eigenvalue weighted by Crippen LogP contribution is 2.12. The number of hydrogen-bond donors (Lipinski definition) is 2. The van der Waals surface area contributed by atoms with E-state index in [9.17, 15) is 5.11 Å². The molecular weight excluding hydrogens is 202 g/mol. The van der Waals surface area contributed by atoms with E-state index in [0.717, 1.165) is 18.7 Å². The molecule has 0 aliphatic rings. The van der Waals surface area contributed by atoms with Gasteiger partial charge in [0.15, 0.2) is 0 Å². The van der Waals surface area contributed by atoms with Crippen LogP contribution in [-0.4, -0.2) is 30.4 Å². The van der Waals surface area contributed by atoms with E-state index >= 15 is 0 Å². The zero-order valence-corrected chi connectivity index (χ0v) is 10.1. The molecule has 0 amide bonds. The van der Waals surface area contributed by atoms with E-state index in [4.69, 9.17) is 4.74 Å². The number of rotatable bonds is 7. The molecule has 0 fully saturated rings. The maximum Gasteiger partial charge on any atom is 0.119 e. The van der Waals surface area contributed by atoms with Crippen LogP contribution >= 0.6 is 0 Å². The molecule has 1 atom stereocenters. The molecular formula is C13H21NO2. The average Bonchev–Trinajstić information content (AvgIpc) is 2.31. The van der Waals surface area contributed by atoms with Crippen molar-refractivity contribution in [1.29, 1.82) is 0 Å². The summed E-state index contributed by atoms with van der Waals surface area (Å²) >= 11 is 0. The Bertz CT molecular complexity index is 289. The molecule has 16 heavy (non-hydrogen) atoms. The fourth-order valence-corrected chi connectivity index (χ4v) is 1.56. The van der Waals surface area contributed by atoms with E-state index in [-0.39, 0.29) is 12.1 Å². The highest BCUT2D eigenvalue weighted by molar-refractivity contribution is 5.20. The van der Waals surface area contributed by atoms with Crippen molar-refractivity contribution >= 4 is 0 Å². The third-order valence-corrected chi connectivity index (χ3v) is 2.62. The van der Waals surface area contributed by atoms with Gasteiger partial charge in [0, 0.05) is 12.0 Å². The minimum Gasteiger partial charge on any atom is -0.494 e. The van der Waals surface area contributed by atoms with E-state index in [0.29, 0.717) is 6.61 Å². The third-order valence-electron chi connectivity index (χ3n) is 2.62. The van der Waals surface area contributed by atoms with Gasteiger partial charge in [-0.2, -0.15) is 0 Å². The first kappa shape index (κ1) is 13.0. The van der Waals surface area contributed by atoms with Gasteiger partial charge < -0.3 is 15.2 Å². The van der Waals surface area contributed by atoms with Crippen molar-refractivity contribution < 1.29 is 9.84 Å². The van der Waals surface area contributed by atoms with Crippen molar-refractivity contribution in [3.63, 3.8) is 0 Å². The molecule has 0 aliphatic carbocycles. The Morgan fingerprint density at radius 3 is 2.56 bits per heavy atom. The Balaban J connectivity index is 2.34. The number of ether oxygens (including phenoxy) is 1. The smallest absolute Gasteiger partial charge is 0.119 e. The lowest BCUT2D eigenvalue weighted by Gasteiger charge is -2.28. The van der Waals surface area contributed by atoms with Crippen LogP contribution < -0.4 is 10.1 Å². The minimum atomic E-state index is -0.246. The number of aliphatic hydroxyl groups is 1. The molecule has 2 N–H and O–H groups in total. The standard InChI is InChI=1S/C13H21NO2/c1-3-14-13(2,11-15)9-10-16-12-7-5-4-6-8-12/h4-8,14-15H,3,9-11H2,1-2H3. The number of para-hydroxylation sites is 1. The van der Waals surface area contributed by atoms with Crippen molar-refractivity contribution in [1.82, 2.24) is 5.32 Å². The van der Waals surface area contributed by atoms with E-state index in [1.807, 2.05) is 44.2 Å². The fraction of sp³-hybridized carbons (Fsp3) is 0.538. The number of nitrogens with one attached hydrogen (secondary N) is 1. The van der Waals surface area contributed by atoms with Crippen LogP contribution in [0.5, 0.6) is 5.75 Å². The maximum atomic E-state index is 9.30. The first-order valence-corrected chi connectivity index (χ1v) is 5.74. The Morgan fingerprint density at radius 1 is 1.31 bits per heavy atom. The normalized spacial score (nSPS) is 14.4. The average molecular weight is 223 g/mol. The first-order chi connectivity index (χ1) is 7.70. The molecule has 0 heterocycles. The van der Waals surface area contributed by atoms with Crippen molar-refractivity contribution in [3.05, 3.63) is 30.3 Å². The quantitative estimate of drug-likeness (QED) is 0.741. The van der Waals surface area contributed by atoms with Gasteiger partial charge in [-0.15, -0.1) is 0 Å². The number of benzene rings is 1. The van der Waals surface area contributed by atoms with Crippen LogP contribution in [0.25, 0.3) is 0 Å². The second-order valence-electron chi connectivity index (χ2n) is 4.16. The van der Waals surface area contributed by atoms with Gasteiger partial charge >= 0.3 is 0 Å². The molecule has 0 saturated carbocycles. The van der Waals surface area contributed by atoms with Gasteiger partial charge in [0.1, 0.15) is 5.75 Å². The third kappa shape index (κ3) is 4.21. The van der Waals surface area contributed by atoms with Gasteiger partial charge in [-0.05, 0) is 25.6 Å². The van der Waals surface area contributed by atoms with Crippen LogP contribution in [0.15, 0.2) is 30.3 Å². The van der Waals surface area contributed by atoms with Crippen molar-refractivity contribution in [3.8, 4) is 5.75 Å². The summed E-state index contributed by atoms with van der Waals surface area (Å²) in [6.45, 7) is 5.62. The van der Waals surface area contributed by atoms with Crippen molar-refractivity contribution in [2.75, 3.05) is 19.8 Å². The number of hydrogen-bond acceptors (Lipinski definition) is 3. The second-order valence-corrected chi connectivity index (χ2v) is 4.16. The van der Waals surface area contributed by atoms with Gasteiger partial charge in [0.2, 0.25) is 0 Å². The summed E-state index contributed by atoms with van der Waals surface area (Å²) < 4.78 is 5.60. The zero-order valence-electron chi connectivity index (χ0n) is 10.1. The van der Waals surface area contributed by atoms with Crippen molar-refractivity contribution in [2.45, 2.75) is 25.8 Å². The molecule has 0 spiro atoms. The topological polar surface area (TPSA) is 41.5 Å². The Morgan fingerprint density at radius 2 is 2.00 bits per heavy atom. The van der Waals surface area contributed by atoms with Crippen LogP contribution in [0.4, 0.5) is 0 Å². The van der Waals surface area contributed by atoms with Gasteiger partial charge in [-0.25, -0.2) is 0 Å². The van der Waals surface area contributed by atoms with Crippen LogP contribution in [0.2, 0.25) is 0 Å². The summed E-state index contributed by atoms with van der Waals surface area (Å²) in [5.41, 5.74) is -0.246. The monoisotopic (exact) mass is 223 g/mol. The fourth-order valence-electron chi connectivity index (χ4n) is 1.56. The molecule has 3 heteroatoms. The van der Waals surface area contributed by atoms with E-state index in [2.05, 4.69) is 5.32 Å². The lowest BCUT2D eigenvalue weighted by Crippen LogP contribution is -2.46. The molecule has 0 aromatic heterocycles. The van der Waals surface area contributed by atoms with E-state index < -0.39 is 0 Å². The second kappa shape index (κ2) is 6.51. The maximum absolute atomic E-state index is 9.30. The van der Waals surface area contributed by atoms with Gasteiger partial charge in [0.25, 0.3) is 0 Å². The van der Waals surface area contributed by atoms with Crippen LogP contribution in [0, 0.1) is 0 Å². The highest BCUT2D eigenvalue weighted by atomic mass is 16.5. The minimum absolute atomic E-state index is 0.124. The van der Waals surface area contributed by atoms with Gasteiger partial charge in [-0.3, -0.25) is 0 Å². The van der Waals surface area contributed by atoms with Crippen molar-refractivity contribution in [2.24, 2.45) is 0 Å². The molecule has 3 nitrogen and oxygen atoms in total. The highest BCUT2D eigenvalue weighted by Gasteiger charge is 2.21. The molecule has 0 radical (unpaired) electrons. The summed E-state index contributed by atoms with van der Waals surface area (Å²) in [5.74, 6) is 0.874. The lowest BCUT2D eigenvalue weighted by molar-refractivity contribution is 0.146. The zero-order chi connectivity index (χ0) is 11.9. The predicted molar refractivity (Wildman–Crippen MR) is 65.7 cm³/mol. The van der Waals surface area contributed by atoms with E-state index in [1.54, 1.807) is 0 Å².